The summed E-state index contributed by atoms with van der Waals surface area (Å²) in [6.07, 6.45) is 1.66. The van der Waals surface area contributed by atoms with Crippen LogP contribution in [0.5, 0.6) is 0 Å². The van der Waals surface area contributed by atoms with Crippen molar-refractivity contribution in [3.63, 3.8) is 0 Å². The maximum absolute atomic E-state index is 8.88. The first kappa shape index (κ1) is 19.0. The fourth-order valence-electron chi connectivity index (χ4n) is 3.02. The van der Waals surface area contributed by atoms with Gasteiger partial charge in [0.1, 0.15) is 0 Å². The van der Waals surface area contributed by atoms with E-state index in [1.54, 1.807) is 18.3 Å². The second kappa shape index (κ2) is 9.27. The molecule has 0 saturated carbocycles. The Kier molecular flexibility index (Phi) is 6.09. The van der Waals surface area contributed by atoms with E-state index in [0.29, 0.717) is 49.8 Å². The van der Waals surface area contributed by atoms with Gasteiger partial charge in [-0.15, -0.1) is 0 Å². The van der Waals surface area contributed by atoms with E-state index in [-0.39, 0.29) is 0 Å². The minimum Gasteiger partial charge on any atom is -0.378 e. The van der Waals surface area contributed by atoms with Crippen LogP contribution in [0.25, 0.3) is 0 Å². The van der Waals surface area contributed by atoms with Crippen molar-refractivity contribution in [1.29, 1.82) is 5.26 Å². The quantitative estimate of drug-likeness (QED) is 0.583. The van der Waals surface area contributed by atoms with Crippen molar-refractivity contribution in [3.8, 4) is 6.07 Å². The van der Waals surface area contributed by atoms with E-state index in [2.05, 4.69) is 41.3 Å². The Labute approximate surface area is 168 Å². The van der Waals surface area contributed by atoms with Crippen molar-refractivity contribution in [2.75, 3.05) is 67.8 Å². The molecule has 0 aliphatic carbocycles. The lowest BCUT2D eigenvalue weighted by Crippen LogP contribution is -2.40. The van der Waals surface area contributed by atoms with Crippen LogP contribution in [-0.4, -0.2) is 73.8 Å². The van der Waals surface area contributed by atoms with Crippen molar-refractivity contribution in [2.45, 2.75) is 0 Å². The van der Waals surface area contributed by atoms with Crippen LogP contribution < -0.4 is 15.2 Å². The van der Waals surface area contributed by atoms with Gasteiger partial charge < -0.3 is 19.3 Å². The average molecular weight is 394 g/mol. The number of hydrogen-bond donors (Lipinski definition) is 1. The fraction of sp³-hybridized carbons (Fsp3) is 0.421. The number of benzene rings is 1. The first-order chi connectivity index (χ1) is 14.3. The van der Waals surface area contributed by atoms with Gasteiger partial charge in [-0.3, -0.25) is 0 Å². The number of hydrazone groups is 1. The molecule has 0 atom stereocenters. The van der Waals surface area contributed by atoms with E-state index in [1.165, 1.54) is 0 Å². The lowest BCUT2D eigenvalue weighted by Gasteiger charge is -2.30. The molecular formula is C19H22N8O2. The van der Waals surface area contributed by atoms with Gasteiger partial charge in [0.05, 0.1) is 44.3 Å². The predicted molar refractivity (Wildman–Crippen MR) is 108 cm³/mol. The first-order valence-corrected chi connectivity index (χ1v) is 9.52. The molecule has 150 valence electrons. The molecule has 1 aromatic carbocycles. The topological polar surface area (TPSA) is 112 Å². The summed E-state index contributed by atoms with van der Waals surface area (Å²) in [6, 6.07) is 9.25. The molecule has 2 aliphatic heterocycles. The van der Waals surface area contributed by atoms with E-state index in [4.69, 9.17) is 14.7 Å². The van der Waals surface area contributed by atoms with Crippen LogP contribution in [-0.2, 0) is 9.47 Å². The number of rotatable bonds is 5. The Morgan fingerprint density at radius 3 is 1.97 bits per heavy atom. The Hall–Kier alpha value is -3.29. The Bertz CT molecular complexity index is 848. The van der Waals surface area contributed by atoms with Gasteiger partial charge in [0.25, 0.3) is 0 Å². The van der Waals surface area contributed by atoms with Crippen LogP contribution in [0.15, 0.2) is 29.4 Å². The Morgan fingerprint density at radius 1 is 0.897 bits per heavy atom. The summed E-state index contributed by atoms with van der Waals surface area (Å²) in [5.74, 6) is 1.61. The Balaban J connectivity index is 1.53. The molecule has 4 rings (SSSR count). The van der Waals surface area contributed by atoms with Gasteiger partial charge >= 0.3 is 0 Å². The van der Waals surface area contributed by atoms with E-state index >= 15 is 0 Å². The minimum absolute atomic E-state index is 0.382. The molecule has 1 aromatic heterocycles. The molecular weight excluding hydrogens is 372 g/mol. The molecule has 2 fully saturated rings. The van der Waals surface area contributed by atoms with Gasteiger partial charge in [0.15, 0.2) is 0 Å². The van der Waals surface area contributed by atoms with Gasteiger partial charge in [-0.2, -0.15) is 25.3 Å². The van der Waals surface area contributed by atoms with Gasteiger partial charge in [-0.1, -0.05) is 12.1 Å². The van der Waals surface area contributed by atoms with Gasteiger partial charge in [-0.05, 0) is 17.7 Å². The second-order valence-corrected chi connectivity index (χ2v) is 6.56. The summed E-state index contributed by atoms with van der Waals surface area (Å²) in [4.78, 5) is 17.9. The second-order valence-electron chi connectivity index (χ2n) is 6.56. The number of nitrogens with one attached hydrogen (secondary N) is 1. The van der Waals surface area contributed by atoms with Crippen LogP contribution in [0.3, 0.4) is 0 Å². The number of aromatic nitrogens is 3. The highest BCUT2D eigenvalue weighted by atomic mass is 16.5. The number of hydrogen-bond acceptors (Lipinski definition) is 10. The van der Waals surface area contributed by atoms with Gasteiger partial charge in [0.2, 0.25) is 17.8 Å². The van der Waals surface area contributed by atoms with E-state index in [1.807, 2.05) is 12.1 Å². The Morgan fingerprint density at radius 2 is 1.45 bits per heavy atom. The zero-order valence-corrected chi connectivity index (χ0v) is 16.0. The minimum atomic E-state index is 0.382. The molecule has 0 radical (unpaired) electrons. The normalized spacial score (nSPS) is 17.3. The monoisotopic (exact) mass is 394 g/mol. The number of nitrogens with zero attached hydrogens (tertiary/aromatic N) is 7. The summed E-state index contributed by atoms with van der Waals surface area (Å²) < 4.78 is 10.9. The summed E-state index contributed by atoms with van der Waals surface area (Å²) in [6.45, 7) is 5.55. The molecule has 1 N–H and O–H groups in total. The van der Waals surface area contributed by atoms with Crippen molar-refractivity contribution in [2.24, 2.45) is 5.10 Å². The number of ether oxygens (including phenoxy) is 2. The third kappa shape index (κ3) is 4.96. The zero-order chi connectivity index (χ0) is 19.9. The summed E-state index contributed by atoms with van der Waals surface area (Å²) >= 11 is 0. The highest BCUT2D eigenvalue weighted by molar-refractivity contribution is 5.80. The molecule has 3 heterocycles. The van der Waals surface area contributed by atoms with Crippen molar-refractivity contribution in [1.82, 2.24) is 15.0 Å². The van der Waals surface area contributed by atoms with Crippen LogP contribution in [0, 0.1) is 11.3 Å². The average Bonchev–Trinajstić information content (AvgIpc) is 2.80. The smallest absolute Gasteiger partial charge is 0.250 e. The lowest BCUT2D eigenvalue weighted by atomic mass is 10.2. The highest BCUT2D eigenvalue weighted by Crippen LogP contribution is 2.18. The summed E-state index contributed by atoms with van der Waals surface area (Å²) in [7, 11) is 0. The van der Waals surface area contributed by atoms with Crippen LogP contribution in [0.1, 0.15) is 11.1 Å². The molecule has 10 nitrogen and oxygen atoms in total. The number of nitriles is 1. The molecule has 0 spiro atoms. The van der Waals surface area contributed by atoms with Crippen LogP contribution in [0.4, 0.5) is 17.8 Å². The molecule has 0 unspecified atom stereocenters. The van der Waals surface area contributed by atoms with Crippen LogP contribution in [0.2, 0.25) is 0 Å². The standard InChI is InChI=1S/C19H22N8O2/c20-13-15-1-3-16(4-2-15)14-21-25-17-22-18(26-5-9-28-10-6-26)24-19(23-17)27-7-11-29-12-8-27/h1-4,14H,5-12H2,(H,22,23,24,25). The van der Waals surface area contributed by atoms with E-state index < -0.39 is 0 Å². The van der Waals surface area contributed by atoms with Gasteiger partial charge in [-0.25, -0.2) is 5.43 Å². The molecule has 2 aliphatic rings. The lowest BCUT2D eigenvalue weighted by molar-refractivity contribution is 0.121. The molecule has 2 saturated heterocycles. The van der Waals surface area contributed by atoms with E-state index in [0.717, 1.165) is 31.7 Å². The number of morpholine rings is 2. The molecule has 0 bridgehead atoms. The number of anilines is 3. The van der Waals surface area contributed by atoms with E-state index in [9.17, 15) is 0 Å². The fourth-order valence-corrected chi connectivity index (χ4v) is 3.02. The summed E-state index contributed by atoms with van der Waals surface area (Å²) in [5, 5.41) is 13.1. The van der Waals surface area contributed by atoms with Crippen LogP contribution >= 0.6 is 0 Å². The maximum Gasteiger partial charge on any atom is 0.250 e. The van der Waals surface area contributed by atoms with Crippen molar-refractivity contribution < 1.29 is 9.47 Å². The summed E-state index contributed by atoms with van der Waals surface area (Å²) in [5.41, 5.74) is 4.38. The largest absolute Gasteiger partial charge is 0.378 e. The predicted octanol–water partition coefficient (Wildman–Crippen LogP) is 0.862. The SMILES string of the molecule is N#Cc1ccc(C=NNc2nc(N3CCOCC3)nc(N3CCOCC3)n2)cc1. The van der Waals surface area contributed by atoms with Gasteiger partial charge in [0, 0.05) is 26.2 Å². The molecule has 29 heavy (non-hydrogen) atoms. The third-order valence-corrected chi connectivity index (χ3v) is 4.62. The maximum atomic E-state index is 8.88. The highest BCUT2D eigenvalue weighted by Gasteiger charge is 2.20. The molecule has 10 heteroatoms. The first-order valence-electron chi connectivity index (χ1n) is 9.52. The zero-order valence-electron chi connectivity index (χ0n) is 16.0. The van der Waals surface area contributed by atoms with Crippen molar-refractivity contribution >= 4 is 24.1 Å². The molecule has 0 amide bonds. The third-order valence-electron chi connectivity index (χ3n) is 4.62. The molecule has 2 aromatic rings. The van der Waals surface area contributed by atoms with Crippen molar-refractivity contribution in [3.05, 3.63) is 35.4 Å².